The third-order valence-electron chi connectivity index (χ3n) is 6.24. The number of aryl methyl sites for hydroxylation is 1. The van der Waals surface area contributed by atoms with Gasteiger partial charge in [0.25, 0.3) is 5.91 Å². The zero-order valence-electron chi connectivity index (χ0n) is 20.9. The van der Waals surface area contributed by atoms with Crippen molar-refractivity contribution in [1.82, 2.24) is 25.5 Å². The minimum atomic E-state index is -1.03. The van der Waals surface area contributed by atoms with Gasteiger partial charge in [-0.3, -0.25) is 14.5 Å². The highest BCUT2D eigenvalue weighted by Crippen LogP contribution is 2.29. The SMILES string of the molecule is Cc1ccc(-c2nnn(CC(=O)N(c3ccccc3)[C@@H](C(=O)NC[C@@H]3CCCO3)c3ccc(O)cc3)n2)o1. The smallest absolute Gasteiger partial charge is 0.251 e. The van der Waals surface area contributed by atoms with Crippen LogP contribution in [-0.2, 0) is 20.9 Å². The van der Waals surface area contributed by atoms with E-state index >= 15 is 0 Å². The first-order chi connectivity index (χ1) is 18.5. The molecular weight excluding hydrogens is 488 g/mol. The summed E-state index contributed by atoms with van der Waals surface area (Å²) in [5, 5.41) is 25.1. The highest BCUT2D eigenvalue weighted by atomic mass is 16.5. The molecule has 0 unspecified atom stereocenters. The van der Waals surface area contributed by atoms with E-state index in [4.69, 9.17) is 9.15 Å². The van der Waals surface area contributed by atoms with Gasteiger partial charge in [0, 0.05) is 18.8 Å². The maximum absolute atomic E-state index is 13.8. The number of ether oxygens (including phenoxy) is 1. The molecule has 2 N–H and O–H groups in total. The Morgan fingerprint density at radius 2 is 1.92 bits per heavy atom. The van der Waals surface area contributed by atoms with Gasteiger partial charge in [-0.05, 0) is 66.9 Å². The summed E-state index contributed by atoms with van der Waals surface area (Å²) in [7, 11) is 0. The number of amides is 2. The fourth-order valence-corrected chi connectivity index (χ4v) is 4.38. The summed E-state index contributed by atoms with van der Waals surface area (Å²) < 4.78 is 11.2. The van der Waals surface area contributed by atoms with Gasteiger partial charge in [0.15, 0.2) is 5.76 Å². The van der Waals surface area contributed by atoms with Crippen LogP contribution in [0, 0.1) is 6.92 Å². The highest BCUT2D eigenvalue weighted by Gasteiger charge is 2.34. The van der Waals surface area contributed by atoms with Crippen LogP contribution in [0.4, 0.5) is 5.69 Å². The summed E-state index contributed by atoms with van der Waals surface area (Å²) in [4.78, 5) is 30.1. The predicted octanol–water partition coefficient (Wildman–Crippen LogP) is 3.02. The van der Waals surface area contributed by atoms with Gasteiger partial charge >= 0.3 is 0 Å². The number of para-hydroxylation sites is 1. The number of tetrazole rings is 1. The zero-order valence-corrected chi connectivity index (χ0v) is 20.9. The van der Waals surface area contributed by atoms with Gasteiger partial charge in [0.1, 0.15) is 24.1 Å². The number of rotatable bonds is 9. The van der Waals surface area contributed by atoms with Crippen LogP contribution in [0.1, 0.15) is 30.2 Å². The normalized spacial score (nSPS) is 15.8. The van der Waals surface area contributed by atoms with Crippen molar-refractivity contribution in [1.29, 1.82) is 0 Å². The average molecular weight is 517 g/mol. The van der Waals surface area contributed by atoms with Gasteiger partial charge in [-0.15, -0.1) is 10.2 Å². The van der Waals surface area contributed by atoms with Crippen LogP contribution in [0.5, 0.6) is 5.75 Å². The summed E-state index contributed by atoms with van der Waals surface area (Å²) in [5.74, 6) is 0.645. The van der Waals surface area contributed by atoms with E-state index in [1.807, 2.05) is 13.0 Å². The standard InChI is InChI=1S/C27H28N6O5/c1-18-9-14-23(38-18)26-29-31-32(30-26)17-24(35)33(20-6-3-2-4-7-20)25(19-10-12-21(34)13-11-19)27(36)28-16-22-8-5-15-37-22/h2-4,6-7,9-14,22,25,34H,5,8,15-17H2,1H3,(H,28,36)/t22-,25+/m0/s1. The van der Waals surface area contributed by atoms with E-state index in [1.165, 1.54) is 21.8 Å². The Kier molecular flexibility index (Phi) is 7.45. The average Bonchev–Trinajstić information content (AvgIpc) is 3.70. The third kappa shape index (κ3) is 5.73. The number of carbonyl (C=O) groups is 2. The summed E-state index contributed by atoms with van der Waals surface area (Å²) in [6.45, 7) is 2.54. The Hall–Kier alpha value is -4.51. The van der Waals surface area contributed by atoms with Crippen molar-refractivity contribution in [3.8, 4) is 17.3 Å². The molecule has 2 amide bonds. The molecule has 0 radical (unpaired) electrons. The molecule has 2 atom stereocenters. The van der Waals surface area contributed by atoms with Gasteiger partial charge in [0.05, 0.1) is 6.10 Å². The predicted molar refractivity (Wildman–Crippen MR) is 137 cm³/mol. The molecule has 11 heteroatoms. The lowest BCUT2D eigenvalue weighted by Crippen LogP contribution is -2.46. The summed E-state index contributed by atoms with van der Waals surface area (Å²) in [6, 6.07) is 17.6. The van der Waals surface area contributed by atoms with Crippen molar-refractivity contribution in [2.24, 2.45) is 0 Å². The number of furan rings is 1. The lowest BCUT2D eigenvalue weighted by Gasteiger charge is -2.31. The minimum Gasteiger partial charge on any atom is -0.508 e. The van der Waals surface area contributed by atoms with Crippen molar-refractivity contribution in [3.05, 3.63) is 78.1 Å². The number of nitrogens with one attached hydrogen (secondary N) is 1. The molecule has 1 saturated heterocycles. The fourth-order valence-electron chi connectivity index (χ4n) is 4.38. The lowest BCUT2D eigenvalue weighted by molar-refractivity contribution is -0.127. The molecule has 196 valence electrons. The Labute approximate surface area is 219 Å². The monoisotopic (exact) mass is 516 g/mol. The number of benzene rings is 2. The summed E-state index contributed by atoms with van der Waals surface area (Å²) >= 11 is 0. The topological polar surface area (TPSA) is 136 Å². The molecule has 2 aromatic heterocycles. The molecule has 2 aromatic carbocycles. The van der Waals surface area contributed by atoms with Crippen LogP contribution in [-0.4, -0.2) is 56.4 Å². The number of hydrogen-bond acceptors (Lipinski definition) is 8. The van der Waals surface area contributed by atoms with Gasteiger partial charge in [-0.1, -0.05) is 30.3 Å². The second-order valence-corrected chi connectivity index (χ2v) is 9.03. The van der Waals surface area contributed by atoms with Crippen molar-refractivity contribution in [2.45, 2.75) is 38.5 Å². The maximum atomic E-state index is 13.8. The molecule has 4 aromatic rings. The number of hydrogen-bond donors (Lipinski definition) is 2. The van der Waals surface area contributed by atoms with E-state index < -0.39 is 11.9 Å². The Balaban J connectivity index is 1.46. The van der Waals surface area contributed by atoms with Gasteiger partial charge in [0.2, 0.25) is 11.7 Å². The first-order valence-corrected chi connectivity index (χ1v) is 12.4. The lowest BCUT2D eigenvalue weighted by atomic mass is 10.0. The van der Waals surface area contributed by atoms with E-state index in [2.05, 4.69) is 20.7 Å². The number of phenolic OH excluding ortho intramolecular Hbond substituents is 1. The Morgan fingerprint density at radius 1 is 1.13 bits per heavy atom. The van der Waals surface area contributed by atoms with E-state index in [1.54, 1.807) is 48.5 Å². The van der Waals surface area contributed by atoms with Crippen LogP contribution in [0.15, 0.2) is 71.1 Å². The first-order valence-electron chi connectivity index (χ1n) is 12.4. The molecule has 0 aliphatic carbocycles. The van der Waals surface area contributed by atoms with E-state index in [-0.39, 0.29) is 30.1 Å². The third-order valence-corrected chi connectivity index (χ3v) is 6.24. The Bertz CT molecular complexity index is 1380. The summed E-state index contributed by atoms with van der Waals surface area (Å²) in [6.07, 6.45) is 1.74. The molecule has 1 aliphatic heterocycles. The molecular formula is C27H28N6O5. The number of aromatic nitrogens is 4. The molecule has 5 rings (SSSR count). The summed E-state index contributed by atoms with van der Waals surface area (Å²) in [5.41, 5.74) is 1.05. The maximum Gasteiger partial charge on any atom is 0.251 e. The number of nitrogens with zero attached hydrogens (tertiary/aromatic N) is 5. The number of phenols is 1. The Morgan fingerprint density at radius 3 is 2.61 bits per heavy atom. The highest BCUT2D eigenvalue weighted by molar-refractivity contribution is 6.01. The molecule has 0 saturated carbocycles. The van der Waals surface area contributed by atoms with Crippen molar-refractivity contribution < 1.29 is 23.8 Å². The van der Waals surface area contributed by atoms with E-state index in [0.717, 1.165) is 12.8 Å². The van der Waals surface area contributed by atoms with Gasteiger partial charge in [-0.25, -0.2) is 0 Å². The van der Waals surface area contributed by atoms with Crippen LogP contribution in [0.3, 0.4) is 0 Å². The molecule has 1 fully saturated rings. The van der Waals surface area contributed by atoms with Gasteiger partial charge < -0.3 is 19.6 Å². The van der Waals surface area contributed by atoms with Crippen molar-refractivity contribution in [3.63, 3.8) is 0 Å². The van der Waals surface area contributed by atoms with Crippen LogP contribution < -0.4 is 10.2 Å². The van der Waals surface area contributed by atoms with E-state index in [9.17, 15) is 14.7 Å². The molecule has 1 aliphatic rings. The zero-order chi connectivity index (χ0) is 26.5. The van der Waals surface area contributed by atoms with Crippen molar-refractivity contribution in [2.75, 3.05) is 18.1 Å². The first kappa shape index (κ1) is 25.2. The van der Waals surface area contributed by atoms with Gasteiger partial charge in [-0.2, -0.15) is 4.80 Å². The molecule has 11 nitrogen and oxygen atoms in total. The number of carbonyl (C=O) groups excluding carboxylic acids is 2. The quantitative estimate of drug-likeness (QED) is 0.347. The number of anilines is 1. The minimum absolute atomic E-state index is 0.0531. The van der Waals surface area contributed by atoms with Crippen molar-refractivity contribution >= 4 is 17.5 Å². The second-order valence-electron chi connectivity index (χ2n) is 9.03. The molecule has 3 heterocycles. The van der Waals surface area contributed by atoms with E-state index in [0.29, 0.717) is 35.9 Å². The molecule has 0 bridgehead atoms. The second kappa shape index (κ2) is 11.3. The molecule has 0 spiro atoms. The van der Waals surface area contributed by atoms with Crippen LogP contribution in [0.2, 0.25) is 0 Å². The number of aromatic hydroxyl groups is 1. The fraction of sp³-hybridized carbons (Fsp3) is 0.296. The largest absolute Gasteiger partial charge is 0.508 e. The van der Waals surface area contributed by atoms with Crippen LogP contribution in [0.25, 0.3) is 11.6 Å². The van der Waals surface area contributed by atoms with Crippen LogP contribution >= 0.6 is 0 Å². The molecule has 38 heavy (non-hydrogen) atoms.